The number of nitrogens with one attached hydrogen (secondary N) is 2. The van der Waals surface area contributed by atoms with Crippen LogP contribution in [0.15, 0.2) is 54.6 Å². The zero-order chi connectivity index (χ0) is 13.8. The second kappa shape index (κ2) is 5.57. The molecule has 0 spiro atoms. The van der Waals surface area contributed by atoms with Crippen LogP contribution in [0.3, 0.4) is 0 Å². The summed E-state index contributed by atoms with van der Waals surface area (Å²) in [5.41, 5.74) is 2.08. The maximum atomic E-state index is 12.0. The number of anilines is 1. The van der Waals surface area contributed by atoms with Crippen molar-refractivity contribution in [2.75, 3.05) is 5.32 Å². The number of H-pyrrole nitrogens is 1. The molecule has 0 saturated carbocycles. The van der Waals surface area contributed by atoms with Gasteiger partial charge < -0.3 is 5.32 Å². The van der Waals surface area contributed by atoms with Gasteiger partial charge in [0.1, 0.15) is 0 Å². The Morgan fingerprint density at radius 2 is 1.80 bits per heavy atom. The minimum absolute atomic E-state index is 0.0221. The number of fused-ring (bicyclic) bond motifs is 1. The fourth-order valence-corrected chi connectivity index (χ4v) is 2.16. The first kappa shape index (κ1) is 12.4. The Balaban J connectivity index is 1.64. The molecule has 0 aliphatic heterocycles. The summed E-state index contributed by atoms with van der Waals surface area (Å²) in [5, 5.41) is 10.8. The summed E-state index contributed by atoms with van der Waals surface area (Å²) >= 11 is 0. The zero-order valence-corrected chi connectivity index (χ0v) is 11.0. The van der Waals surface area contributed by atoms with Crippen molar-refractivity contribution in [2.45, 2.75) is 12.8 Å². The number of hydrogen-bond donors (Lipinski definition) is 2. The molecular weight excluding hydrogens is 250 g/mol. The number of aromatic amines is 1. The van der Waals surface area contributed by atoms with E-state index in [0.29, 0.717) is 12.2 Å². The number of hydrogen-bond acceptors (Lipinski definition) is 2. The molecule has 0 saturated heterocycles. The highest BCUT2D eigenvalue weighted by atomic mass is 16.1. The van der Waals surface area contributed by atoms with Crippen LogP contribution in [0.1, 0.15) is 12.0 Å². The van der Waals surface area contributed by atoms with E-state index in [1.807, 2.05) is 54.6 Å². The van der Waals surface area contributed by atoms with E-state index in [1.54, 1.807) is 0 Å². The minimum atomic E-state index is -0.0221. The van der Waals surface area contributed by atoms with E-state index in [-0.39, 0.29) is 5.91 Å². The van der Waals surface area contributed by atoms with Crippen molar-refractivity contribution in [1.82, 2.24) is 10.2 Å². The Bertz CT molecular complexity index is 719. The van der Waals surface area contributed by atoms with Crippen LogP contribution in [0.25, 0.3) is 10.9 Å². The van der Waals surface area contributed by atoms with Crippen molar-refractivity contribution in [3.63, 3.8) is 0 Å². The Hall–Kier alpha value is -2.62. The third-order valence-corrected chi connectivity index (χ3v) is 3.21. The number of nitrogens with zero attached hydrogens (tertiary/aromatic N) is 1. The monoisotopic (exact) mass is 265 g/mol. The van der Waals surface area contributed by atoms with Crippen molar-refractivity contribution in [3.05, 3.63) is 60.2 Å². The Morgan fingerprint density at radius 1 is 1.05 bits per heavy atom. The zero-order valence-electron chi connectivity index (χ0n) is 11.0. The molecule has 0 radical (unpaired) electrons. The van der Waals surface area contributed by atoms with Gasteiger partial charge in [-0.15, -0.1) is 0 Å². The van der Waals surface area contributed by atoms with Gasteiger partial charge in [-0.25, -0.2) is 0 Å². The third-order valence-electron chi connectivity index (χ3n) is 3.21. The summed E-state index contributed by atoms with van der Waals surface area (Å²) in [5.74, 6) is 0.574. The van der Waals surface area contributed by atoms with Gasteiger partial charge in [0.2, 0.25) is 5.91 Å². The molecule has 20 heavy (non-hydrogen) atoms. The SMILES string of the molecule is O=C(CCc1ccccc1)Nc1n[nH]c2ccccc12. The van der Waals surface area contributed by atoms with Crippen LogP contribution in [0, 0.1) is 0 Å². The highest BCUT2D eigenvalue weighted by Crippen LogP contribution is 2.19. The van der Waals surface area contributed by atoms with E-state index in [0.717, 1.165) is 22.9 Å². The summed E-state index contributed by atoms with van der Waals surface area (Å²) in [7, 11) is 0. The van der Waals surface area contributed by atoms with Crippen LogP contribution in [0.5, 0.6) is 0 Å². The molecule has 1 amide bonds. The van der Waals surface area contributed by atoms with Crippen LogP contribution in [-0.2, 0) is 11.2 Å². The smallest absolute Gasteiger partial charge is 0.225 e. The molecule has 100 valence electrons. The van der Waals surface area contributed by atoms with Gasteiger partial charge in [-0.3, -0.25) is 9.89 Å². The molecule has 0 atom stereocenters. The van der Waals surface area contributed by atoms with E-state index in [9.17, 15) is 4.79 Å². The Morgan fingerprint density at radius 3 is 2.65 bits per heavy atom. The first-order valence-corrected chi connectivity index (χ1v) is 6.60. The lowest BCUT2D eigenvalue weighted by atomic mass is 10.1. The first-order chi connectivity index (χ1) is 9.83. The molecule has 1 heterocycles. The van der Waals surface area contributed by atoms with E-state index in [4.69, 9.17) is 0 Å². The average molecular weight is 265 g/mol. The van der Waals surface area contributed by atoms with Crippen LogP contribution >= 0.6 is 0 Å². The second-order valence-electron chi connectivity index (χ2n) is 4.65. The average Bonchev–Trinajstić information content (AvgIpc) is 2.90. The van der Waals surface area contributed by atoms with E-state index in [2.05, 4.69) is 15.5 Å². The highest BCUT2D eigenvalue weighted by Gasteiger charge is 2.08. The lowest BCUT2D eigenvalue weighted by molar-refractivity contribution is -0.116. The molecule has 0 fully saturated rings. The molecule has 2 aromatic carbocycles. The van der Waals surface area contributed by atoms with Gasteiger partial charge in [-0.05, 0) is 24.1 Å². The van der Waals surface area contributed by atoms with Crippen molar-refractivity contribution < 1.29 is 4.79 Å². The molecule has 1 aromatic heterocycles. The number of carbonyl (C=O) groups excluding carboxylic acids is 1. The van der Waals surface area contributed by atoms with Crippen molar-refractivity contribution in [2.24, 2.45) is 0 Å². The predicted octanol–water partition coefficient (Wildman–Crippen LogP) is 3.13. The molecule has 0 aliphatic carbocycles. The Labute approximate surface area is 116 Å². The maximum absolute atomic E-state index is 12.0. The number of aromatic nitrogens is 2. The fourth-order valence-electron chi connectivity index (χ4n) is 2.16. The summed E-state index contributed by atoms with van der Waals surface area (Å²) in [4.78, 5) is 12.0. The van der Waals surface area contributed by atoms with Gasteiger partial charge in [-0.2, -0.15) is 5.10 Å². The quantitative estimate of drug-likeness (QED) is 0.761. The molecule has 4 nitrogen and oxygen atoms in total. The van der Waals surface area contributed by atoms with Crippen LogP contribution < -0.4 is 5.32 Å². The van der Waals surface area contributed by atoms with Crippen molar-refractivity contribution in [1.29, 1.82) is 0 Å². The normalized spacial score (nSPS) is 10.6. The number of aryl methyl sites for hydroxylation is 1. The van der Waals surface area contributed by atoms with E-state index >= 15 is 0 Å². The van der Waals surface area contributed by atoms with Gasteiger partial charge >= 0.3 is 0 Å². The van der Waals surface area contributed by atoms with Gasteiger partial charge in [0.15, 0.2) is 5.82 Å². The molecule has 3 rings (SSSR count). The van der Waals surface area contributed by atoms with Crippen molar-refractivity contribution in [3.8, 4) is 0 Å². The predicted molar refractivity (Wildman–Crippen MR) is 79.5 cm³/mol. The Kier molecular flexibility index (Phi) is 3.46. The van der Waals surface area contributed by atoms with Crippen LogP contribution in [-0.4, -0.2) is 16.1 Å². The van der Waals surface area contributed by atoms with Crippen LogP contribution in [0.2, 0.25) is 0 Å². The highest BCUT2D eigenvalue weighted by molar-refractivity contribution is 5.99. The maximum Gasteiger partial charge on any atom is 0.225 e. The summed E-state index contributed by atoms with van der Waals surface area (Å²) < 4.78 is 0. The molecule has 0 bridgehead atoms. The molecule has 0 aliphatic rings. The van der Waals surface area contributed by atoms with Crippen molar-refractivity contribution >= 4 is 22.6 Å². The lowest BCUT2D eigenvalue weighted by Crippen LogP contribution is -2.12. The summed E-state index contributed by atoms with van der Waals surface area (Å²) in [6.07, 6.45) is 1.18. The molecule has 2 N–H and O–H groups in total. The number of carbonyl (C=O) groups is 1. The fraction of sp³-hybridized carbons (Fsp3) is 0.125. The molecule has 0 unspecified atom stereocenters. The van der Waals surface area contributed by atoms with Gasteiger partial charge in [0.25, 0.3) is 0 Å². The van der Waals surface area contributed by atoms with Gasteiger partial charge in [0, 0.05) is 11.8 Å². The summed E-state index contributed by atoms with van der Waals surface area (Å²) in [6, 6.07) is 17.7. The molecule has 3 aromatic rings. The number of para-hydroxylation sites is 1. The van der Waals surface area contributed by atoms with Crippen LogP contribution in [0.4, 0.5) is 5.82 Å². The van der Waals surface area contributed by atoms with E-state index in [1.165, 1.54) is 0 Å². The second-order valence-corrected chi connectivity index (χ2v) is 4.65. The molecule has 4 heteroatoms. The number of amides is 1. The number of benzene rings is 2. The summed E-state index contributed by atoms with van der Waals surface area (Å²) in [6.45, 7) is 0. The van der Waals surface area contributed by atoms with Gasteiger partial charge in [0.05, 0.1) is 5.52 Å². The number of rotatable bonds is 4. The first-order valence-electron chi connectivity index (χ1n) is 6.60. The lowest BCUT2D eigenvalue weighted by Gasteiger charge is -2.03. The third kappa shape index (κ3) is 2.69. The van der Waals surface area contributed by atoms with Gasteiger partial charge in [-0.1, -0.05) is 42.5 Å². The molecular formula is C16H15N3O. The standard InChI is InChI=1S/C16H15N3O/c20-15(11-10-12-6-2-1-3-7-12)17-16-13-8-4-5-9-14(13)18-19-16/h1-9H,10-11H2,(H2,17,18,19,20). The topological polar surface area (TPSA) is 57.8 Å². The minimum Gasteiger partial charge on any atom is -0.309 e. The van der Waals surface area contributed by atoms with E-state index < -0.39 is 0 Å². The largest absolute Gasteiger partial charge is 0.309 e.